The Morgan fingerprint density at radius 2 is 1.80 bits per heavy atom. The van der Waals surface area contributed by atoms with Gasteiger partial charge in [-0.05, 0) is 38.0 Å². The molecule has 2 aliphatic heterocycles. The summed E-state index contributed by atoms with van der Waals surface area (Å²) < 4.78 is 16.3. The second-order valence-electron chi connectivity index (χ2n) is 10.8. The predicted molar refractivity (Wildman–Crippen MR) is 159 cm³/mol. The predicted octanol–water partition coefficient (Wildman–Crippen LogP) is 0.406. The number of nitrogens with one attached hydrogen (secondary N) is 1. The summed E-state index contributed by atoms with van der Waals surface area (Å²) in [5.74, 6) is -2.41. The Labute approximate surface area is 260 Å². The zero-order chi connectivity index (χ0) is 32.5. The van der Waals surface area contributed by atoms with Crippen LogP contribution in [-0.2, 0) is 23.9 Å². The first-order valence-corrected chi connectivity index (χ1v) is 14.9. The van der Waals surface area contributed by atoms with Crippen molar-refractivity contribution >= 4 is 40.7 Å². The van der Waals surface area contributed by atoms with Gasteiger partial charge in [0.15, 0.2) is 6.61 Å². The van der Waals surface area contributed by atoms with Gasteiger partial charge in [0.25, 0.3) is 11.8 Å². The molecule has 244 valence electrons. The molecule has 0 saturated carbocycles. The van der Waals surface area contributed by atoms with Crippen LogP contribution in [0.5, 0.6) is 5.75 Å². The average molecular weight is 630 g/mol. The third-order valence-corrected chi connectivity index (χ3v) is 7.57. The molecule has 3 N–H and O–H groups in total. The number of amides is 4. The zero-order valence-electron chi connectivity index (χ0n) is 25.4. The first-order chi connectivity index (χ1) is 21.6. The summed E-state index contributed by atoms with van der Waals surface area (Å²) in [6, 6.07) is 5.58. The number of carbonyl (C=O) groups excluding carboxylic acids is 4. The minimum absolute atomic E-state index is 0.0810. The highest BCUT2D eigenvalue weighted by Crippen LogP contribution is 2.27. The second-order valence-corrected chi connectivity index (χ2v) is 10.8. The van der Waals surface area contributed by atoms with E-state index in [1.165, 1.54) is 20.8 Å². The number of morpholine rings is 1. The molecule has 2 fully saturated rings. The second kappa shape index (κ2) is 15.5. The number of ether oxygens (including phenoxy) is 3. The summed E-state index contributed by atoms with van der Waals surface area (Å²) in [5.41, 5.74) is 1.22. The van der Waals surface area contributed by atoms with E-state index in [-0.39, 0.29) is 82.7 Å². The largest absolute Gasteiger partial charge is 0.483 e. The highest BCUT2D eigenvalue weighted by Gasteiger charge is 2.31. The topological polar surface area (TPSA) is 188 Å². The fourth-order valence-electron chi connectivity index (χ4n) is 5.13. The van der Waals surface area contributed by atoms with Gasteiger partial charge in [0.2, 0.25) is 5.91 Å². The SMILES string of the molecule is CCOC(=O)N1CCN(C(=O)[C@H](CCC(=O)O)NC(=O)c2cc(OCC(=O)N3CCOC(CO)C3)c3ccc(C)cc3n2)CC1. The number of benzene rings is 1. The fourth-order valence-corrected chi connectivity index (χ4v) is 5.13. The van der Waals surface area contributed by atoms with Crippen molar-refractivity contribution in [2.24, 2.45) is 0 Å². The molecule has 1 aromatic carbocycles. The lowest BCUT2D eigenvalue weighted by Gasteiger charge is -2.35. The van der Waals surface area contributed by atoms with Gasteiger partial charge in [-0.25, -0.2) is 9.78 Å². The minimum Gasteiger partial charge on any atom is -0.483 e. The molecule has 0 aliphatic carbocycles. The number of hydrogen-bond acceptors (Lipinski definition) is 10. The van der Waals surface area contributed by atoms with Gasteiger partial charge in [-0.3, -0.25) is 19.2 Å². The molecule has 2 atom stereocenters. The summed E-state index contributed by atoms with van der Waals surface area (Å²) in [4.78, 5) is 72.2. The summed E-state index contributed by atoms with van der Waals surface area (Å²) in [6.07, 6.45) is -1.46. The van der Waals surface area contributed by atoms with Crippen LogP contribution in [0.3, 0.4) is 0 Å². The van der Waals surface area contributed by atoms with Crippen LogP contribution >= 0.6 is 0 Å². The van der Waals surface area contributed by atoms with E-state index in [9.17, 15) is 34.2 Å². The number of aryl methyl sites for hydroxylation is 1. The number of carboxylic acid groups (broad SMARTS) is 1. The number of rotatable bonds is 11. The smallest absolute Gasteiger partial charge is 0.409 e. The third-order valence-electron chi connectivity index (χ3n) is 7.57. The lowest BCUT2D eigenvalue weighted by Crippen LogP contribution is -2.56. The van der Waals surface area contributed by atoms with E-state index in [1.54, 1.807) is 19.1 Å². The van der Waals surface area contributed by atoms with E-state index >= 15 is 0 Å². The van der Waals surface area contributed by atoms with Gasteiger partial charge in [0.05, 0.1) is 31.4 Å². The first-order valence-electron chi connectivity index (χ1n) is 14.9. The lowest BCUT2D eigenvalue weighted by molar-refractivity contribution is -0.142. The zero-order valence-corrected chi connectivity index (χ0v) is 25.4. The van der Waals surface area contributed by atoms with Crippen LogP contribution in [0.15, 0.2) is 24.3 Å². The molecule has 0 radical (unpaired) electrons. The van der Waals surface area contributed by atoms with Gasteiger partial charge in [-0.15, -0.1) is 0 Å². The molecular formula is C30H39N5O10. The first kappa shape index (κ1) is 33.4. The van der Waals surface area contributed by atoms with Crippen LogP contribution < -0.4 is 10.1 Å². The number of fused-ring (bicyclic) bond motifs is 1. The molecule has 1 aromatic heterocycles. The number of carbonyl (C=O) groups is 5. The van der Waals surface area contributed by atoms with Crippen LogP contribution in [0.25, 0.3) is 10.9 Å². The van der Waals surface area contributed by atoms with Crippen molar-refractivity contribution in [3.05, 3.63) is 35.5 Å². The monoisotopic (exact) mass is 629 g/mol. The Hall–Kier alpha value is -4.50. The highest BCUT2D eigenvalue weighted by atomic mass is 16.6. The molecule has 4 amide bonds. The van der Waals surface area contributed by atoms with Crippen LogP contribution in [0.4, 0.5) is 4.79 Å². The molecule has 3 heterocycles. The number of aromatic nitrogens is 1. The van der Waals surface area contributed by atoms with Gasteiger partial charge >= 0.3 is 12.1 Å². The number of nitrogens with zero attached hydrogens (tertiary/aromatic N) is 4. The van der Waals surface area contributed by atoms with Crippen molar-refractivity contribution in [3.63, 3.8) is 0 Å². The molecule has 2 saturated heterocycles. The molecular weight excluding hydrogens is 590 g/mol. The number of pyridine rings is 1. The van der Waals surface area contributed by atoms with Crippen molar-refractivity contribution in [1.29, 1.82) is 0 Å². The molecule has 0 spiro atoms. The molecule has 1 unspecified atom stereocenters. The Morgan fingerprint density at radius 3 is 2.49 bits per heavy atom. The van der Waals surface area contributed by atoms with Crippen molar-refractivity contribution in [1.82, 2.24) is 25.0 Å². The van der Waals surface area contributed by atoms with Crippen LogP contribution in [-0.4, -0.2) is 138 Å². The summed E-state index contributed by atoms with van der Waals surface area (Å²) in [6.45, 7) is 4.98. The summed E-state index contributed by atoms with van der Waals surface area (Å²) in [5, 5.41) is 21.9. The van der Waals surface area contributed by atoms with Crippen LogP contribution in [0, 0.1) is 6.92 Å². The van der Waals surface area contributed by atoms with Gasteiger partial charge in [-0.1, -0.05) is 6.07 Å². The van der Waals surface area contributed by atoms with Gasteiger partial charge in [-0.2, -0.15) is 0 Å². The minimum atomic E-state index is -1.16. The average Bonchev–Trinajstić information content (AvgIpc) is 3.04. The summed E-state index contributed by atoms with van der Waals surface area (Å²) >= 11 is 0. The van der Waals surface area contributed by atoms with E-state index in [1.807, 2.05) is 13.0 Å². The number of piperazine rings is 1. The van der Waals surface area contributed by atoms with Crippen LogP contribution in [0.1, 0.15) is 35.8 Å². The normalized spacial score (nSPS) is 17.5. The van der Waals surface area contributed by atoms with Gasteiger partial charge in [0.1, 0.15) is 17.5 Å². The van der Waals surface area contributed by atoms with E-state index in [0.29, 0.717) is 24.1 Å². The highest BCUT2D eigenvalue weighted by molar-refractivity contribution is 5.99. The number of aliphatic hydroxyl groups is 1. The molecule has 4 rings (SSSR count). The molecule has 2 aromatic rings. The van der Waals surface area contributed by atoms with Crippen molar-refractivity contribution < 1.29 is 48.4 Å². The molecule has 45 heavy (non-hydrogen) atoms. The number of carboxylic acids is 1. The van der Waals surface area contributed by atoms with E-state index < -0.39 is 36.0 Å². The Balaban J connectivity index is 1.50. The van der Waals surface area contributed by atoms with Gasteiger partial charge in [0, 0.05) is 57.1 Å². The number of aliphatic carboxylic acids is 1. The Bertz CT molecular complexity index is 1410. The third kappa shape index (κ3) is 8.79. The van der Waals surface area contributed by atoms with E-state index in [2.05, 4.69) is 10.3 Å². The fraction of sp³-hybridized carbons (Fsp3) is 0.533. The Kier molecular flexibility index (Phi) is 11.5. The molecule has 15 heteroatoms. The summed E-state index contributed by atoms with van der Waals surface area (Å²) in [7, 11) is 0. The Morgan fingerprint density at radius 1 is 1.07 bits per heavy atom. The maximum atomic E-state index is 13.5. The molecule has 2 aliphatic rings. The van der Waals surface area contributed by atoms with Crippen molar-refractivity contribution in [2.75, 3.05) is 65.7 Å². The van der Waals surface area contributed by atoms with Crippen molar-refractivity contribution in [2.45, 2.75) is 38.8 Å². The maximum absolute atomic E-state index is 13.5. The maximum Gasteiger partial charge on any atom is 0.409 e. The lowest BCUT2D eigenvalue weighted by atomic mass is 10.1. The van der Waals surface area contributed by atoms with E-state index in [4.69, 9.17) is 14.2 Å². The van der Waals surface area contributed by atoms with E-state index in [0.717, 1.165) is 5.56 Å². The number of hydrogen-bond donors (Lipinski definition) is 3. The van der Waals surface area contributed by atoms with Crippen molar-refractivity contribution in [3.8, 4) is 5.75 Å². The quantitative estimate of drug-likeness (QED) is 0.312. The standard InChI is InChI=1S/C30H39N5O10/c1-3-43-30(42)34-10-8-33(9-11-34)29(41)22(6-7-27(38)39)32-28(40)24-15-25(21-5-4-19(2)14-23(21)31-24)45-18-26(37)35-12-13-44-20(16-35)17-36/h4-5,14-15,20,22,36H,3,6-13,16-18H2,1-2H3,(H,32,40)(H,38,39)/t20?,22-/m0/s1. The van der Waals surface area contributed by atoms with Gasteiger partial charge < -0.3 is 44.4 Å². The number of aliphatic hydroxyl groups excluding tert-OH is 1. The van der Waals surface area contributed by atoms with Crippen LogP contribution in [0.2, 0.25) is 0 Å². The molecule has 0 bridgehead atoms. The molecule has 15 nitrogen and oxygen atoms in total.